The monoisotopic (exact) mass is 540 g/mol. The van der Waals surface area contributed by atoms with Gasteiger partial charge in [-0.15, -0.1) is 0 Å². The average Bonchev–Trinajstić information content (AvgIpc) is 2.88. The Hall–Kier alpha value is -2.04. The highest BCUT2D eigenvalue weighted by atomic mass is 16.4. The van der Waals surface area contributed by atoms with Crippen LogP contribution in [0.3, 0.4) is 0 Å². The van der Waals surface area contributed by atoms with Gasteiger partial charge in [0.2, 0.25) is 0 Å². The minimum Gasteiger partial charge on any atom is -0.481 e. The Bertz CT molecular complexity index is 532. The summed E-state index contributed by atoms with van der Waals surface area (Å²) in [5, 5.41) is 119. The van der Waals surface area contributed by atoms with E-state index in [2.05, 4.69) is 0 Å². The summed E-state index contributed by atoms with van der Waals surface area (Å²) < 4.78 is 0. The van der Waals surface area contributed by atoms with Crippen molar-refractivity contribution < 1.29 is 90.7 Å². The third kappa shape index (κ3) is 21.3. The first kappa shape index (κ1) is 41.1. The molecule has 0 radical (unpaired) electrons. The summed E-state index contributed by atoms with van der Waals surface area (Å²) in [5.41, 5.74) is 0. The highest BCUT2D eigenvalue weighted by Gasteiger charge is 2.29. The van der Waals surface area contributed by atoms with Crippen molar-refractivity contribution in [2.75, 3.05) is 19.8 Å². The predicted molar refractivity (Wildman–Crippen MR) is 113 cm³/mol. The van der Waals surface area contributed by atoms with Gasteiger partial charge < -0.3 is 85.9 Å². The van der Waals surface area contributed by atoms with E-state index < -0.39 is 86.8 Å². The molecule has 0 aromatic rings. The number of aliphatic hydroxyl groups excluding tert-OH is 13. The number of carbonyl (C=O) groups is 4. The van der Waals surface area contributed by atoms with Crippen molar-refractivity contribution in [2.45, 2.75) is 68.0 Å². The highest BCUT2D eigenvalue weighted by molar-refractivity contribution is 5.63. The fourth-order valence-electron chi connectivity index (χ4n) is 1.45. The van der Waals surface area contributed by atoms with Crippen molar-refractivity contribution in [3.05, 3.63) is 0 Å². The topological polar surface area (TPSA) is 352 Å². The van der Waals surface area contributed by atoms with Crippen LogP contribution in [-0.2, 0) is 19.2 Å². The van der Waals surface area contributed by atoms with E-state index in [9.17, 15) is 14.4 Å². The second-order valence-electron chi connectivity index (χ2n) is 6.61. The maximum atomic E-state index is 9.90. The quantitative estimate of drug-likeness (QED) is 0.0963. The number of aldehydes is 3. The lowest BCUT2D eigenvalue weighted by Crippen LogP contribution is -2.46. The van der Waals surface area contributed by atoms with Crippen LogP contribution in [0.5, 0.6) is 0 Å². The second kappa shape index (κ2) is 24.6. The third-order valence-corrected chi connectivity index (χ3v) is 3.56. The molecule has 0 aliphatic rings. The molecule has 14 N–H and O–H groups in total. The Morgan fingerprint density at radius 1 is 0.528 bits per heavy atom. The number of carboxylic acid groups (broad SMARTS) is 1. The standard InChI is InChI=1S/C6H12O6.2C5H10O5.C2H4O2/c7-1-3(9)5(11)6(12)4(10)2-8;2*6-1-3(8)5(10)4(9)2-7;1-2(3)4/h1,3-6,8-12H,2H2;2*1,3-5,7-10H,2H2;1H3,(H,3,4)/t3-,4+,5+,6+;3-,4+,5+;3-,4-,5+;/m001./s1. The van der Waals surface area contributed by atoms with Crippen molar-refractivity contribution in [3.63, 3.8) is 0 Å². The molecule has 10 atom stereocenters. The van der Waals surface area contributed by atoms with Crippen LogP contribution >= 0.6 is 0 Å². The van der Waals surface area contributed by atoms with E-state index in [1.807, 2.05) is 0 Å². The number of aliphatic carboxylic acids is 1. The van der Waals surface area contributed by atoms with Crippen molar-refractivity contribution in [3.8, 4) is 0 Å². The van der Waals surface area contributed by atoms with Crippen molar-refractivity contribution >= 4 is 24.8 Å². The molecule has 0 fully saturated rings. The zero-order valence-corrected chi connectivity index (χ0v) is 19.0. The number of rotatable bonds is 13. The zero-order chi connectivity index (χ0) is 29.6. The predicted octanol–water partition coefficient (Wildman–Crippen LogP) is -8.77. The summed E-state index contributed by atoms with van der Waals surface area (Å²) in [6.07, 6.45) is -16.1. The number of hydrogen-bond donors (Lipinski definition) is 14. The molecule has 0 spiro atoms. The van der Waals surface area contributed by atoms with Gasteiger partial charge in [0.25, 0.3) is 5.97 Å². The number of carboxylic acids is 1. The van der Waals surface area contributed by atoms with Crippen LogP contribution in [0.15, 0.2) is 0 Å². The molecule has 0 aliphatic heterocycles. The lowest BCUT2D eigenvalue weighted by atomic mass is 10.0. The smallest absolute Gasteiger partial charge is 0.300 e. The van der Waals surface area contributed by atoms with E-state index in [4.69, 9.17) is 76.3 Å². The van der Waals surface area contributed by atoms with Crippen LogP contribution in [0.2, 0.25) is 0 Å². The van der Waals surface area contributed by atoms with E-state index >= 15 is 0 Å². The summed E-state index contributed by atoms with van der Waals surface area (Å²) >= 11 is 0. The van der Waals surface area contributed by atoms with Crippen molar-refractivity contribution in [1.29, 1.82) is 0 Å². The van der Waals surface area contributed by atoms with Crippen LogP contribution < -0.4 is 0 Å². The Morgan fingerprint density at radius 3 is 0.917 bits per heavy atom. The minimum absolute atomic E-state index is 0.0258. The van der Waals surface area contributed by atoms with E-state index in [1.54, 1.807) is 0 Å². The molecule has 0 heterocycles. The van der Waals surface area contributed by atoms with Crippen LogP contribution in [0.1, 0.15) is 6.92 Å². The second-order valence-corrected chi connectivity index (χ2v) is 6.61. The molecule has 216 valence electrons. The van der Waals surface area contributed by atoms with Crippen LogP contribution in [0, 0.1) is 0 Å². The Labute approximate surface area is 204 Å². The van der Waals surface area contributed by atoms with Crippen molar-refractivity contribution in [2.24, 2.45) is 0 Å². The van der Waals surface area contributed by atoms with Gasteiger partial charge in [-0.1, -0.05) is 0 Å². The molecule has 0 aromatic heterocycles. The van der Waals surface area contributed by atoms with E-state index in [-0.39, 0.29) is 18.9 Å². The van der Waals surface area contributed by atoms with Crippen molar-refractivity contribution in [1.82, 2.24) is 0 Å². The van der Waals surface area contributed by atoms with E-state index in [0.29, 0.717) is 0 Å². The molecule has 0 rings (SSSR count). The molecule has 18 nitrogen and oxygen atoms in total. The molecular weight excluding hydrogens is 504 g/mol. The summed E-state index contributed by atoms with van der Waals surface area (Å²) in [6, 6.07) is 0. The minimum atomic E-state index is -1.79. The molecule has 36 heavy (non-hydrogen) atoms. The zero-order valence-electron chi connectivity index (χ0n) is 19.0. The third-order valence-electron chi connectivity index (χ3n) is 3.56. The molecule has 18 heteroatoms. The van der Waals surface area contributed by atoms with Gasteiger partial charge in [-0.05, 0) is 0 Å². The molecule has 0 amide bonds. The molecule has 0 aromatic carbocycles. The maximum absolute atomic E-state index is 9.90. The van der Waals surface area contributed by atoms with Gasteiger partial charge in [0.05, 0.1) is 19.8 Å². The van der Waals surface area contributed by atoms with Crippen LogP contribution in [-0.4, -0.2) is 177 Å². The van der Waals surface area contributed by atoms with Gasteiger partial charge in [-0.25, -0.2) is 0 Å². The average molecular weight is 540 g/mol. The Kier molecular flexibility index (Phi) is 28.1. The first-order valence-corrected chi connectivity index (χ1v) is 9.72. The fourth-order valence-corrected chi connectivity index (χ4v) is 1.45. The number of aliphatic hydroxyl groups is 13. The van der Waals surface area contributed by atoms with Gasteiger partial charge in [0.15, 0.2) is 18.9 Å². The Balaban J connectivity index is -0.000000199. The fraction of sp³-hybridized carbons (Fsp3) is 0.778. The summed E-state index contributed by atoms with van der Waals surface area (Å²) in [5.74, 6) is -0.833. The first-order chi connectivity index (χ1) is 16.5. The van der Waals surface area contributed by atoms with Gasteiger partial charge in [0.1, 0.15) is 61.0 Å². The molecule has 0 bridgehead atoms. The maximum Gasteiger partial charge on any atom is 0.300 e. The van der Waals surface area contributed by atoms with Gasteiger partial charge in [0, 0.05) is 6.92 Å². The molecule has 0 saturated heterocycles. The lowest BCUT2D eigenvalue weighted by molar-refractivity contribution is -0.136. The van der Waals surface area contributed by atoms with Crippen LogP contribution in [0.4, 0.5) is 0 Å². The number of carbonyl (C=O) groups excluding carboxylic acids is 3. The van der Waals surface area contributed by atoms with Gasteiger partial charge >= 0.3 is 0 Å². The van der Waals surface area contributed by atoms with E-state index in [1.165, 1.54) is 0 Å². The SMILES string of the molecule is CC(=O)O.O=C[C@@H](O)[C@H](O)[C@H](O)CO.O=C[C@H](O)[C@@H](O)[C@H](O)CO.O=C[C@H](O)[C@@H](O)[C@H](O)[C@H](O)CO. The van der Waals surface area contributed by atoms with E-state index in [0.717, 1.165) is 6.92 Å². The van der Waals surface area contributed by atoms with Gasteiger partial charge in [-0.2, -0.15) is 0 Å². The molecule has 0 unspecified atom stereocenters. The summed E-state index contributed by atoms with van der Waals surface area (Å²) in [7, 11) is 0. The lowest BCUT2D eigenvalue weighted by Gasteiger charge is -2.22. The highest BCUT2D eigenvalue weighted by Crippen LogP contribution is 2.03. The first-order valence-electron chi connectivity index (χ1n) is 9.72. The van der Waals surface area contributed by atoms with Crippen LogP contribution in [0.25, 0.3) is 0 Å². The largest absolute Gasteiger partial charge is 0.481 e. The normalized spacial score (nSPS) is 18.6. The summed E-state index contributed by atoms with van der Waals surface area (Å²) in [4.78, 5) is 38.4. The Morgan fingerprint density at radius 2 is 0.722 bits per heavy atom. The molecule has 0 saturated carbocycles. The molecular formula is C18H36O18. The molecule has 0 aliphatic carbocycles. The van der Waals surface area contributed by atoms with Gasteiger partial charge in [-0.3, -0.25) is 4.79 Å². The summed E-state index contributed by atoms with van der Waals surface area (Å²) in [6.45, 7) is -1.05. The number of hydrogen-bond acceptors (Lipinski definition) is 17.